The normalized spacial score (nSPS) is 10.8. The second kappa shape index (κ2) is 8.18. The number of hydrogen-bond acceptors (Lipinski definition) is 2. The van der Waals surface area contributed by atoms with Gasteiger partial charge in [0.15, 0.2) is 0 Å². The summed E-state index contributed by atoms with van der Waals surface area (Å²) in [6.45, 7) is 8.27. The lowest BCUT2D eigenvalue weighted by Gasteiger charge is -2.09. The molecular formula is C15H23ClN2O. The van der Waals surface area contributed by atoms with Gasteiger partial charge in [0, 0.05) is 31.1 Å². The number of halogens is 1. The highest BCUT2D eigenvalue weighted by Gasteiger charge is 2.03. The molecule has 0 heterocycles. The van der Waals surface area contributed by atoms with Crippen molar-refractivity contribution in [1.82, 2.24) is 10.6 Å². The molecule has 1 amide bonds. The summed E-state index contributed by atoms with van der Waals surface area (Å²) in [5.41, 5.74) is 2.22. The highest BCUT2D eigenvalue weighted by Crippen LogP contribution is 2.17. The van der Waals surface area contributed by atoms with Gasteiger partial charge >= 0.3 is 0 Å². The van der Waals surface area contributed by atoms with E-state index in [4.69, 9.17) is 11.6 Å². The molecule has 0 atom stereocenters. The van der Waals surface area contributed by atoms with Crippen LogP contribution < -0.4 is 10.6 Å². The predicted octanol–water partition coefficient (Wildman–Crippen LogP) is 2.90. The Labute approximate surface area is 120 Å². The zero-order chi connectivity index (χ0) is 14.3. The first-order chi connectivity index (χ1) is 8.99. The smallest absolute Gasteiger partial charge is 0.221 e. The first-order valence-electron chi connectivity index (χ1n) is 6.71. The molecule has 0 fully saturated rings. The standard InChI is InChI=1S/C15H23ClN2O/c1-11(2)9-18-15(19)6-7-17-10-13-5-4-12(3)8-14(13)16/h4-5,8,11,17H,6-7,9-10H2,1-3H3,(H,18,19). The quantitative estimate of drug-likeness (QED) is 0.755. The minimum atomic E-state index is 0.0937. The molecule has 0 aliphatic rings. The Kier molecular flexibility index (Phi) is 6.89. The molecule has 0 aliphatic heterocycles. The Bertz CT molecular complexity index is 419. The summed E-state index contributed by atoms with van der Waals surface area (Å²) in [5.74, 6) is 0.583. The van der Waals surface area contributed by atoms with Gasteiger partial charge in [0.05, 0.1) is 0 Å². The number of amides is 1. The van der Waals surface area contributed by atoms with Gasteiger partial charge in [-0.15, -0.1) is 0 Å². The maximum Gasteiger partial charge on any atom is 0.221 e. The summed E-state index contributed by atoms with van der Waals surface area (Å²) in [6, 6.07) is 6.01. The van der Waals surface area contributed by atoms with Crippen molar-refractivity contribution in [2.45, 2.75) is 33.7 Å². The SMILES string of the molecule is Cc1ccc(CNCCC(=O)NCC(C)C)c(Cl)c1. The van der Waals surface area contributed by atoms with E-state index in [2.05, 4.69) is 24.5 Å². The Morgan fingerprint density at radius 3 is 2.74 bits per heavy atom. The molecule has 0 bridgehead atoms. The van der Waals surface area contributed by atoms with Gasteiger partial charge in [-0.25, -0.2) is 0 Å². The van der Waals surface area contributed by atoms with E-state index in [1.54, 1.807) is 0 Å². The van der Waals surface area contributed by atoms with Crippen LogP contribution in [-0.2, 0) is 11.3 Å². The molecule has 0 radical (unpaired) electrons. The van der Waals surface area contributed by atoms with Gasteiger partial charge in [-0.3, -0.25) is 4.79 Å². The summed E-state index contributed by atoms with van der Waals surface area (Å²) < 4.78 is 0. The molecule has 4 heteroatoms. The third kappa shape index (κ3) is 6.60. The predicted molar refractivity (Wildman–Crippen MR) is 80.4 cm³/mol. The van der Waals surface area contributed by atoms with Gasteiger partial charge in [-0.1, -0.05) is 37.6 Å². The molecule has 1 aromatic carbocycles. The average molecular weight is 283 g/mol. The van der Waals surface area contributed by atoms with Crippen molar-refractivity contribution in [3.8, 4) is 0 Å². The highest BCUT2D eigenvalue weighted by molar-refractivity contribution is 6.31. The summed E-state index contributed by atoms with van der Waals surface area (Å²) in [7, 11) is 0. The molecule has 106 valence electrons. The molecule has 0 saturated heterocycles. The monoisotopic (exact) mass is 282 g/mol. The van der Waals surface area contributed by atoms with Crippen LogP contribution in [0.5, 0.6) is 0 Å². The molecular weight excluding hydrogens is 260 g/mol. The second-order valence-corrected chi connectivity index (χ2v) is 5.63. The van der Waals surface area contributed by atoms with Crippen molar-refractivity contribution in [3.63, 3.8) is 0 Å². The average Bonchev–Trinajstić information content (AvgIpc) is 2.34. The fourth-order valence-corrected chi connectivity index (χ4v) is 1.93. The van der Waals surface area contributed by atoms with E-state index in [1.165, 1.54) is 0 Å². The van der Waals surface area contributed by atoms with E-state index in [1.807, 2.05) is 25.1 Å². The van der Waals surface area contributed by atoms with Gasteiger partial charge in [-0.2, -0.15) is 0 Å². The van der Waals surface area contributed by atoms with Crippen molar-refractivity contribution in [3.05, 3.63) is 34.3 Å². The molecule has 0 saturated carbocycles. The van der Waals surface area contributed by atoms with Gasteiger partial charge in [0.25, 0.3) is 0 Å². The molecule has 1 aromatic rings. The van der Waals surface area contributed by atoms with Crippen LogP contribution in [-0.4, -0.2) is 19.0 Å². The number of nitrogens with one attached hydrogen (secondary N) is 2. The van der Waals surface area contributed by atoms with Crippen LogP contribution in [0.25, 0.3) is 0 Å². The van der Waals surface area contributed by atoms with Crippen LogP contribution in [0.1, 0.15) is 31.4 Å². The van der Waals surface area contributed by atoms with Crippen LogP contribution in [0.4, 0.5) is 0 Å². The number of carbonyl (C=O) groups excluding carboxylic acids is 1. The maximum atomic E-state index is 11.5. The van der Waals surface area contributed by atoms with Crippen molar-refractivity contribution >= 4 is 17.5 Å². The van der Waals surface area contributed by atoms with Crippen molar-refractivity contribution < 1.29 is 4.79 Å². The molecule has 0 spiro atoms. The molecule has 0 aliphatic carbocycles. The van der Waals surface area contributed by atoms with E-state index >= 15 is 0 Å². The number of hydrogen-bond donors (Lipinski definition) is 2. The minimum Gasteiger partial charge on any atom is -0.356 e. The highest BCUT2D eigenvalue weighted by atomic mass is 35.5. The fourth-order valence-electron chi connectivity index (χ4n) is 1.63. The Morgan fingerprint density at radius 1 is 1.37 bits per heavy atom. The Hall–Kier alpha value is -1.06. The van der Waals surface area contributed by atoms with Crippen LogP contribution in [0.15, 0.2) is 18.2 Å². The zero-order valence-electron chi connectivity index (χ0n) is 11.9. The molecule has 2 N–H and O–H groups in total. The lowest BCUT2D eigenvalue weighted by molar-refractivity contribution is -0.121. The van der Waals surface area contributed by atoms with Crippen molar-refractivity contribution in [2.75, 3.05) is 13.1 Å². The third-order valence-corrected chi connectivity index (χ3v) is 3.11. The number of benzene rings is 1. The van der Waals surface area contributed by atoms with Crippen LogP contribution in [0, 0.1) is 12.8 Å². The van der Waals surface area contributed by atoms with Gasteiger partial charge in [0.2, 0.25) is 5.91 Å². The molecule has 0 unspecified atom stereocenters. The molecule has 19 heavy (non-hydrogen) atoms. The molecule has 3 nitrogen and oxygen atoms in total. The molecule has 1 rings (SSSR count). The first kappa shape index (κ1) is 16.0. The summed E-state index contributed by atoms with van der Waals surface area (Å²) in [5, 5.41) is 6.90. The van der Waals surface area contributed by atoms with Crippen LogP contribution >= 0.6 is 11.6 Å². The van der Waals surface area contributed by atoms with Gasteiger partial charge < -0.3 is 10.6 Å². The molecule has 0 aromatic heterocycles. The summed E-state index contributed by atoms with van der Waals surface area (Å²) in [6.07, 6.45) is 0.496. The van der Waals surface area contributed by atoms with E-state index in [0.29, 0.717) is 25.4 Å². The van der Waals surface area contributed by atoms with E-state index in [9.17, 15) is 4.79 Å². The second-order valence-electron chi connectivity index (χ2n) is 5.22. The fraction of sp³-hybridized carbons (Fsp3) is 0.533. The van der Waals surface area contributed by atoms with Crippen LogP contribution in [0.2, 0.25) is 5.02 Å². The topological polar surface area (TPSA) is 41.1 Å². The van der Waals surface area contributed by atoms with E-state index in [0.717, 1.165) is 22.7 Å². The summed E-state index contributed by atoms with van der Waals surface area (Å²) in [4.78, 5) is 11.5. The Balaban J connectivity index is 2.22. The maximum absolute atomic E-state index is 11.5. The number of carbonyl (C=O) groups is 1. The third-order valence-electron chi connectivity index (χ3n) is 2.76. The number of rotatable bonds is 7. The first-order valence-corrected chi connectivity index (χ1v) is 7.09. The van der Waals surface area contributed by atoms with E-state index in [-0.39, 0.29) is 5.91 Å². The zero-order valence-corrected chi connectivity index (χ0v) is 12.7. The summed E-state index contributed by atoms with van der Waals surface area (Å²) >= 11 is 6.14. The van der Waals surface area contributed by atoms with Crippen LogP contribution in [0.3, 0.4) is 0 Å². The Morgan fingerprint density at radius 2 is 2.11 bits per heavy atom. The van der Waals surface area contributed by atoms with Gasteiger partial charge in [-0.05, 0) is 30.0 Å². The lowest BCUT2D eigenvalue weighted by Crippen LogP contribution is -2.30. The minimum absolute atomic E-state index is 0.0937. The largest absolute Gasteiger partial charge is 0.356 e. The lowest BCUT2D eigenvalue weighted by atomic mass is 10.1. The van der Waals surface area contributed by atoms with Gasteiger partial charge in [0.1, 0.15) is 0 Å². The number of aryl methyl sites for hydroxylation is 1. The van der Waals surface area contributed by atoms with Crippen molar-refractivity contribution in [2.24, 2.45) is 5.92 Å². The van der Waals surface area contributed by atoms with Crippen molar-refractivity contribution in [1.29, 1.82) is 0 Å². The van der Waals surface area contributed by atoms with E-state index < -0.39 is 0 Å².